The maximum absolute atomic E-state index is 3.52. The van der Waals surface area contributed by atoms with Gasteiger partial charge >= 0.3 is 0 Å². The molecule has 0 aliphatic carbocycles. The summed E-state index contributed by atoms with van der Waals surface area (Å²) in [5.41, 5.74) is 0.541. The maximum Gasteiger partial charge on any atom is 0.00481 e. The molecule has 0 radical (unpaired) electrons. The molecule has 0 spiro atoms. The Morgan fingerprint density at radius 3 is 2.88 bits per heavy atom. The normalized spacial score (nSPS) is 35.6. The van der Waals surface area contributed by atoms with Crippen LogP contribution in [0.1, 0.15) is 46.5 Å². The lowest BCUT2D eigenvalue weighted by Gasteiger charge is -2.38. The summed E-state index contributed by atoms with van der Waals surface area (Å²) in [6.07, 6.45) is 5.66. The first kappa shape index (κ1) is 13.4. The Kier molecular flexibility index (Phi) is 4.48. The van der Waals surface area contributed by atoms with E-state index in [2.05, 4.69) is 31.0 Å². The molecule has 0 bridgehead atoms. The van der Waals surface area contributed by atoms with E-state index in [0.717, 1.165) is 11.8 Å². The van der Waals surface area contributed by atoms with Crippen molar-refractivity contribution in [3.63, 3.8) is 0 Å². The zero-order valence-corrected chi connectivity index (χ0v) is 12.0. The summed E-state index contributed by atoms with van der Waals surface area (Å²) in [6, 6.07) is 0. The Hall–Kier alpha value is -0.0800. The number of piperidine rings is 1. The van der Waals surface area contributed by atoms with E-state index in [0.29, 0.717) is 5.41 Å². The monoisotopic (exact) mass is 238 g/mol. The van der Waals surface area contributed by atoms with Gasteiger partial charge in [0.25, 0.3) is 0 Å². The van der Waals surface area contributed by atoms with Gasteiger partial charge in [-0.25, -0.2) is 0 Å². The Balaban J connectivity index is 1.80. The van der Waals surface area contributed by atoms with Gasteiger partial charge < -0.3 is 10.2 Å². The quantitative estimate of drug-likeness (QED) is 0.810. The number of hydrogen-bond acceptors (Lipinski definition) is 2. The van der Waals surface area contributed by atoms with Gasteiger partial charge in [-0.1, -0.05) is 20.8 Å². The van der Waals surface area contributed by atoms with Crippen molar-refractivity contribution < 1.29 is 0 Å². The third kappa shape index (κ3) is 3.96. The SMILES string of the molecule is CC(C)CC1CCCN(CC2(C)CCNC2)C1. The molecule has 0 amide bonds. The van der Waals surface area contributed by atoms with Gasteiger partial charge in [0, 0.05) is 19.6 Å². The first-order valence-electron chi connectivity index (χ1n) is 7.50. The molecule has 2 atom stereocenters. The van der Waals surface area contributed by atoms with Crippen LogP contribution >= 0.6 is 0 Å². The molecule has 2 fully saturated rings. The molecule has 100 valence electrons. The summed E-state index contributed by atoms with van der Waals surface area (Å²) in [6.45, 7) is 13.6. The number of nitrogens with one attached hydrogen (secondary N) is 1. The van der Waals surface area contributed by atoms with Gasteiger partial charge in [-0.15, -0.1) is 0 Å². The van der Waals surface area contributed by atoms with Crippen molar-refractivity contribution in [3.05, 3.63) is 0 Å². The van der Waals surface area contributed by atoms with Crippen molar-refractivity contribution in [2.45, 2.75) is 46.5 Å². The second-order valence-corrected chi connectivity index (χ2v) is 7.11. The molecular formula is C15H30N2. The van der Waals surface area contributed by atoms with E-state index in [4.69, 9.17) is 0 Å². The highest BCUT2D eigenvalue weighted by molar-refractivity contribution is 4.88. The van der Waals surface area contributed by atoms with Crippen LogP contribution in [0.2, 0.25) is 0 Å². The number of hydrogen-bond donors (Lipinski definition) is 1. The van der Waals surface area contributed by atoms with Crippen LogP contribution in [-0.2, 0) is 0 Å². The number of rotatable bonds is 4. The van der Waals surface area contributed by atoms with Crippen LogP contribution in [0, 0.1) is 17.3 Å². The van der Waals surface area contributed by atoms with E-state index in [1.54, 1.807) is 0 Å². The van der Waals surface area contributed by atoms with E-state index in [-0.39, 0.29) is 0 Å². The molecule has 2 nitrogen and oxygen atoms in total. The van der Waals surface area contributed by atoms with Gasteiger partial charge in [-0.05, 0) is 56.0 Å². The van der Waals surface area contributed by atoms with Crippen molar-refractivity contribution in [2.75, 3.05) is 32.7 Å². The summed E-state index contributed by atoms with van der Waals surface area (Å²) in [7, 11) is 0. The smallest absolute Gasteiger partial charge is 0.00481 e. The minimum absolute atomic E-state index is 0.541. The highest BCUT2D eigenvalue weighted by atomic mass is 15.1. The molecule has 2 saturated heterocycles. The molecule has 0 saturated carbocycles. The topological polar surface area (TPSA) is 15.3 Å². The van der Waals surface area contributed by atoms with E-state index in [1.165, 1.54) is 58.4 Å². The zero-order chi connectivity index (χ0) is 12.3. The summed E-state index contributed by atoms with van der Waals surface area (Å²) in [5.74, 6) is 1.82. The second-order valence-electron chi connectivity index (χ2n) is 7.11. The van der Waals surface area contributed by atoms with Crippen molar-refractivity contribution in [1.82, 2.24) is 10.2 Å². The van der Waals surface area contributed by atoms with Crippen LogP contribution in [0.5, 0.6) is 0 Å². The third-order valence-corrected chi connectivity index (χ3v) is 4.47. The zero-order valence-electron chi connectivity index (χ0n) is 12.0. The van der Waals surface area contributed by atoms with E-state index < -0.39 is 0 Å². The largest absolute Gasteiger partial charge is 0.316 e. The van der Waals surface area contributed by atoms with Crippen molar-refractivity contribution in [1.29, 1.82) is 0 Å². The van der Waals surface area contributed by atoms with Gasteiger partial charge in [-0.2, -0.15) is 0 Å². The van der Waals surface area contributed by atoms with Crippen LogP contribution in [0.25, 0.3) is 0 Å². The average molecular weight is 238 g/mol. The van der Waals surface area contributed by atoms with Crippen LogP contribution in [-0.4, -0.2) is 37.6 Å². The summed E-state index contributed by atoms with van der Waals surface area (Å²) >= 11 is 0. The molecule has 2 rings (SSSR count). The summed E-state index contributed by atoms with van der Waals surface area (Å²) < 4.78 is 0. The highest BCUT2D eigenvalue weighted by Crippen LogP contribution is 2.29. The fraction of sp³-hybridized carbons (Fsp3) is 1.00. The molecule has 2 unspecified atom stereocenters. The van der Waals surface area contributed by atoms with Crippen LogP contribution in [0.3, 0.4) is 0 Å². The van der Waals surface area contributed by atoms with Gasteiger partial charge in [0.1, 0.15) is 0 Å². The van der Waals surface area contributed by atoms with Crippen molar-refractivity contribution in [3.8, 4) is 0 Å². The molecule has 2 aliphatic heterocycles. The van der Waals surface area contributed by atoms with Crippen molar-refractivity contribution in [2.24, 2.45) is 17.3 Å². The van der Waals surface area contributed by atoms with Gasteiger partial charge in [0.15, 0.2) is 0 Å². The minimum Gasteiger partial charge on any atom is -0.316 e. The Morgan fingerprint density at radius 1 is 1.41 bits per heavy atom. The molecular weight excluding hydrogens is 208 g/mol. The lowest BCUT2D eigenvalue weighted by Crippen LogP contribution is -2.43. The average Bonchev–Trinajstić information content (AvgIpc) is 2.64. The molecule has 2 heterocycles. The molecule has 2 heteroatoms. The van der Waals surface area contributed by atoms with E-state index >= 15 is 0 Å². The lowest BCUT2D eigenvalue weighted by atomic mass is 9.85. The predicted molar refractivity (Wildman–Crippen MR) is 74.2 cm³/mol. The molecule has 0 aromatic heterocycles. The first-order valence-corrected chi connectivity index (χ1v) is 7.50. The van der Waals surface area contributed by atoms with Gasteiger partial charge in [0.05, 0.1) is 0 Å². The molecule has 0 aromatic carbocycles. The predicted octanol–water partition coefficient (Wildman–Crippen LogP) is 2.74. The Bertz CT molecular complexity index is 231. The van der Waals surface area contributed by atoms with Gasteiger partial charge in [-0.3, -0.25) is 0 Å². The second kappa shape index (κ2) is 5.71. The van der Waals surface area contributed by atoms with Crippen LogP contribution in [0.4, 0.5) is 0 Å². The molecule has 0 aromatic rings. The fourth-order valence-corrected chi connectivity index (χ4v) is 3.70. The van der Waals surface area contributed by atoms with Crippen LogP contribution < -0.4 is 5.32 Å². The van der Waals surface area contributed by atoms with E-state index in [1.807, 2.05) is 0 Å². The minimum atomic E-state index is 0.541. The Labute approximate surface area is 107 Å². The number of nitrogens with zero attached hydrogens (tertiary/aromatic N) is 1. The van der Waals surface area contributed by atoms with Crippen LogP contribution in [0.15, 0.2) is 0 Å². The highest BCUT2D eigenvalue weighted by Gasteiger charge is 2.32. The summed E-state index contributed by atoms with van der Waals surface area (Å²) in [5, 5.41) is 3.52. The Morgan fingerprint density at radius 2 is 2.24 bits per heavy atom. The molecule has 17 heavy (non-hydrogen) atoms. The first-order chi connectivity index (χ1) is 8.07. The summed E-state index contributed by atoms with van der Waals surface area (Å²) in [4.78, 5) is 2.74. The fourth-order valence-electron chi connectivity index (χ4n) is 3.70. The molecule has 1 N–H and O–H groups in total. The van der Waals surface area contributed by atoms with E-state index in [9.17, 15) is 0 Å². The molecule has 2 aliphatic rings. The number of likely N-dealkylation sites (tertiary alicyclic amines) is 1. The lowest BCUT2D eigenvalue weighted by molar-refractivity contribution is 0.112. The van der Waals surface area contributed by atoms with Crippen molar-refractivity contribution >= 4 is 0 Å². The van der Waals surface area contributed by atoms with Gasteiger partial charge in [0.2, 0.25) is 0 Å². The maximum atomic E-state index is 3.52. The third-order valence-electron chi connectivity index (χ3n) is 4.47. The standard InChI is InChI=1S/C15H30N2/c1-13(2)9-14-5-4-8-17(10-14)12-15(3)6-7-16-11-15/h13-14,16H,4-12H2,1-3H3.